The van der Waals surface area contributed by atoms with E-state index in [4.69, 9.17) is 16.3 Å². The van der Waals surface area contributed by atoms with Crippen LogP contribution in [0.1, 0.15) is 6.42 Å². The van der Waals surface area contributed by atoms with Crippen LogP contribution in [0.4, 0.5) is 15.8 Å². The van der Waals surface area contributed by atoms with Gasteiger partial charge in [0.25, 0.3) is 0 Å². The second-order valence-electron chi connectivity index (χ2n) is 5.69. The van der Waals surface area contributed by atoms with Crippen molar-refractivity contribution in [3.8, 4) is 5.75 Å². The molecular weight excluding hydrogens is 347 g/mol. The van der Waals surface area contributed by atoms with E-state index < -0.39 is 11.7 Å². The van der Waals surface area contributed by atoms with Gasteiger partial charge in [-0.2, -0.15) is 0 Å². The Morgan fingerprint density at radius 2 is 2.08 bits per heavy atom. The van der Waals surface area contributed by atoms with Crippen LogP contribution in [-0.4, -0.2) is 25.5 Å². The molecule has 0 saturated carbocycles. The highest BCUT2D eigenvalue weighted by Crippen LogP contribution is 2.30. The van der Waals surface area contributed by atoms with Crippen LogP contribution in [0.5, 0.6) is 5.75 Å². The molecule has 0 aromatic heterocycles. The third kappa shape index (κ3) is 3.58. The maximum Gasteiger partial charge on any atom is 0.229 e. The van der Waals surface area contributed by atoms with Crippen LogP contribution >= 0.6 is 11.6 Å². The minimum absolute atomic E-state index is 0.0628. The summed E-state index contributed by atoms with van der Waals surface area (Å²) in [5.74, 6) is -0.998. The average Bonchev–Trinajstić information content (AvgIpc) is 3.00. The largest absolute Gasteiger partial charge is 0.495 e. The second kappa shape index (κ2) is 7.11. The molecule has 1 atom stereocenters. The van der Waals surface area contributed by atoms with Crippen LogP contribution in [0.15, 0.2) is 42.5 Å². The van der Waals surface area contributed by atoms with Gasteiger partial charge in [0.15, 0.2) is 0 Å². The number of halogens is 2. The van der Waals surface area contributed by atoms with Gasteiger partial charge in [-0.3, -0.25) is 9.59 Å². The van der Waals surface area contributed by atoms with Crippen LogP contribution in [0, 0.1) is 11.7 Å². The number of anilines is 2. The number of nitrogens with zero attached hydrogens (tertiary/aromatic N) is 1. The van der Waals surface area contributed by atoms with Crippen LogP contribution in [0.25, 0.3) is 0 Å². The summed E-state index contributed by atoms with van der Waals surface area (Å²) < 4.78 is 18.5. The first kappa shape index (κ1) is 17.2. The Morgan fingerprint density at radius 1 is 1.32 bits per heavy atom. The minimum Gasteiger partial charge on any atom is -0.495 e. The van der Waals surface area contributed by atoms with Gasteiger partial charge < -0.3 is 15.0 Å². The summed E-state index contributed by atoms with van der Waals surface area (Å²) in [4.78, 5) is 26.2. The van der Waals surface area contributed by atoms with Gasteiger partial charge in [0.05, 0.1) is 23.7 Å². The predicted octanol–water partition coefficient (Wildman–Crippen LogP) is 3.48. The zero-order valence-corrected chi connectivity index (χ0v) is 14.2. The van der Waals surface area contributed by atoms with E-state index in [1.807, 2.05) is 0 Å². The van der Waals surface area contributed by atoms with E-state index in [1.54, 1.807) is 24.3 Å². The normalized spacial score (nSPS) is 16.8. The van der Waals surface area contributed by atoms with Crippen LogP contribution in [0.2, 0.25) is 5.02 Å². The summed E-state index contributed by atoms with van der Waals surface area (Å²) in [6.45, 7) is 0.210. The summed E-state index contributed by atoms with van der Waals surface area (Å²) in [5.41, 5.74) is 1.02. The number of methoxy groups -OCH3 is 1. The number of hydrogen-bond donors (Lipinski definition) is 1. The molecule has 0 aliphatic carbocycles. The van der Waals surface area contributed by atoms with Gasteiger partial charge in [-0.15, -0.1) is 0 Å². The molecule has 1 unspecified atom stereocenters. The molecule has 2 aromatic rings. The molecule has 2 aromatic carbocycles. The monoisotopic (exact) mass is 362 g/mol. The lowest BCUT2D eigenvalue weighted by Crippen LogP contribution is -2.28. The molecule has 1 fully saturated rings. The number of hydrogen-bond acceptors (Lipinski definition) is 3. The molecular formula is C18H16ClFN2O3. The maximum absolute atomic E-state index is 13.3. The molecule has 1 aliphatic rings. The smallest absolute Gasteiger partial charge is 0.229 e. The van der Waals surface area contributed by atoms with Crippen molar-refractivity contribution in [2.45, 2.75) is 6.42 Å². The summed E-state index contributed by atoms with van der Waals surface area (Å²) in [5, 5.41) is 2.72. The highest BCUT2D eigenvalue weighted by molar-refractivity contribution is 6.31. The lowest BCUT2D eigenvalue weighted by Gasteiger charge is -2.17. The van der Waals surface area contributed by atoms with Gasteiger partial charge in [-0.1, -0.05) is 23.7 Å². The molecule has 1 saturated heterocycles. The Labute approximate surface area is 149 Å². The third-order valence-electron chi connectivity index (χ3n) is 4.08. The number of carbonyl (C=O) groups excluding carboxylic acids is 2. The van der Waals surface area contributed by atoms with Crippen molar-refractivity contribution >= 4 is 34.8 Å². The molecule has 1 heterocycles. The third-order valence-corrected chi connectivity index (χ3v) is 4.37. The van der Waals surface area contributed by atoms with Crippen molar-refractivity contribution in [1.82, 2.24) is 0 Å². The molecule has 1 aliphatic heterocycles. The Hall–Kier alpha value is -2.60. The molecule has 0 radical (unpaired) electrons. The number of nitrogens with one attached hydrogen (secondary N) is 1. The first-order valence-corrected chi connectivity index (χ1v) is 8.06. The van der Waals surface area contributed by atoms with Gasteiger partial charge in [0, 0.05) is 18.7 Å². The number of carbonyl (C=O) groups is 2. The van der Waals surface area contributed by atoms with Gasteiger partial charge in [-0.25, -0.2) is 4.39 Å². The highest BCUT2D eigenvalue weighted by Gasteiger charge is 2.35. The molecule has 130 valence electrons. The Bertz CT molecular complexity index is 828. The van der Waals surface area contributed by atoms with E-state index in [0.717, 1.165) is 0 Å². The van der Waals surface area contributed by atoms with Crippen molar-refractivity contribution in [2.24, 2.45) is 5.92 Å². The van der Waals surface area contributed by atoms with E-state index in [9.17, 15) is 14.0 Å². The molecule has 1 N–H and O–H groups in total. The molecule has 25 heavy (non-hydrogen) atoms. The lowest BCUT2D eigenvalue weighted by atomic mass is 10.1. The Kier molecular flexibility index (Phi) is 4.90. The minimum atomic E-state index is -0.553. The van der Waals surface area contributed by atoms with Crippen molar-refractivity contribution in [1.29, 1.82) is 0 Å². The average molecular weight is 363 g/mol. The molecule has 0 bridgehead atoms. The van der Waals surface area contributed by atoms with E-state index in [2.05, 4.69) is 5.32 Å². The fourth-order valence-electron chi connectivity index (χ4n) is 2.77. The number of benzene rings is 2. The van der Waals surface area contributed by atoms with Crippen molar-refractivity contribution < 1.29 is 18.7 Å². The molecule has 7 heteroatoms. The fourth-order valence-corrected chi connectivity index (χ4v) is 2.94. The predicted molar refractivity (Wildman–Crippen MR) is 93.5 cm³/mol. The number of para-hydroxylation sites is 2. The van der Waals surface area contributed by atoms with E-state index in [0.29, 0.717) is 17.1 Å². The molecule has 0 spiro atoms. The first-order valence-electron chi connectivity index (χ1n) is 7.69. The first-order chi connectivity index (χ1) is 12.0. The SMILES string of the molecule is COc1ccccc1NC(=O)C1CC(=O)N(c2ccc(F)c(Cl)c2)C1. The number of ether oxygens (including phenoxy) is 1. The van der Waals surface area contributed by atoms with Gasteiger partial charge in [0.2, 0.25) is 11.8 Å². The summed E-state index contributed by atoms with van der Waals surface area (Å²) in [7, 11) is 1.52. The van der Waals surface area contributed by atoms with Gasteiger partial charge in [0.1, 0.15) is 11.6 Å². The lowest BCUT2D eigenvalue weighted by molar-refractivity contribution is -0.122. The number of amides is 2. The fraction of sp³-hybridized carbons (Fsp3) is 0.222. The molecule has 2 amide bonds. The summed E-state index contributed by atoms with van der Waals surface area (Å²) >= 11 is 5.77. The topological polar surface area (TPSA) is 58.6 Å². The van der Waals surface area contributed by atoms with E-state index >= 15 is 0 Å². The standard InChI is InChI=1S/C18H16ClFN2O3/c1-25-16-5-3-2-4-15(16)21-18(24)11-8-17(23)22(10-11)12-6-7-14(20)13(19)9-12/h2-7,9,11H,8,10H2,1H3,(H,21,24). The van der Waals surface area contributed by atoms with E-state index in [-0.39, 0.29) is 29.8 Å². The van der Waals surface area contributed by atoms with Gasteiger partial charge in [-0.05, 0) is 30.3 Å². The number of rotatable bonds is 4. The highest BCUT2D eigenvalue weighted by atomic mass is 35.5. The van der Waals surface area contributed by atoms with E-state index in [1.165, 1.54) is 30.2 Å². The second-order valence-corrected chi connectivity index (χ2v) is 6.10. The maximum atomic E-state index is 13.3. The Balaban J connectivity index is 1.73. The van der Waals surface area contributed by atoms with Crippen LogP contribution < -0.4 is 15.0 Å². The summed E-state index contributed by atoms with van der Waals surface area (Å²) in [6.07, 6.45) is 0.0793. The molecule has 5 nitrogen and oxygen atoms in total. The zero-order valence-electron chi connectivity index (χ0n) is 13.5. The summed E-state index contributed by atoms with van der Waals surface area (Å²) in [6, 6.07) is 11.1. The van der Waals surface area contributed by atoms with Crippen LogP contribution in [-0.2, 0) is 9.59 Å². The van der Waals surface area contributed by atoms with Crippen molar-refractivity contribution in [3.63, 3.8) is 0 Å². The zero-order chi connectivity index (χ0) is 18.0. The van der Waals surface area contributed by atoms with Gasteiger partial charge >= 0.3 is 0 Å². The van der Waals surface area contributed by atoms with Crippen molar-refractivity contribution in [3.05, 3.63) is 53.3 Å². The van der Waals surface area contributed by atoms with Crippen molar-refractivity contribution in [2.75, 3.05) is 23.9 Å². The van der Waals surface area contributed by atoms with Crippen LogP contribution in [0.3, 0.4) is 0 Å². The Morgan fingerprint density at radius 3 is 2.80 bits per heavy atom. The molecule has 3 rings (SSSR count). The quantitative estimate of drug-likeness (QED) is 0.905.